The number of Topliss-reactive ketones (excluding diaryl/α,β-unsaturated/α-hetero) is 1. The van der Waals surface area contributed by atoms with Crippen LogP contribution in [0.15, 0.2) is 77.8 Å². The number of fused-ring (bicyclic) bond motifs is 1. The van der Waals surface area contributed by atoms with E-state index in [2.05, 4.69) is 15.5 Å². The van der Waals surface area contributed by atoms with Crippen LogP contribution in [0.4, 0.5) is 5.69 Å². The fourth-order valence-electron chi connectivity index (χ4n) is 4.89. The molecule has 194 valence electrons. The van der Waals surface area contributed by atoms with Gasteiger partial charge in [-0.3, -0.25) is 10.5 Å². The number of nitrogens with one attached hydrogen (secondary N) is 2. The Bertz CT molecular complexity index is 1230. The van der Waals surface area contributed by atoms with Gasteiger partial charge in [-0.05, 0) is 17.2 Å². The van der Waals surface area contributed by atoms with Crippen molar-refractivity contribution in [1.82, 2.24) is 10.2 Å². The lowest BCUT2D eigenvalue weighted by atomic mass is 9.79. The van der Waals surface area contributed by atoms with Crippen molar-refractivity contribution < 1.29 is 14.3 Å². The molecule has 3 aromatic carbocycles. The molecule has 0 saturated carbocycles. The highest BCUT2D eigenvalue weighted by Gasteiger charge is 2.46. The zero-order valence-electron chi connectivity index (χ0n) is 20.9. The molecule has 4 N–H and O–H groups in total. The van der Waals surface area contributed by atoms with E-state index in [0.717, 1.165) is 37.3 Å². The number of halogens is 1. The lowest BCUT2D eigenvalue weighted by Gasteiger charge is -2.39. The Kier molecular flexibility index (Phi) is 8.02. The van der Waals surface area contributed by atoms with E-state index in [1.807, 2.05) is 66.7 Å². The van der Waals surface area contributed by atoms with Gasteiger partial charge in [-0.15, -0.1) is 12.4 Å². The standard InChI is InChI=1S/C28H31N5O3.ClH/c1-35-23-17-21-22(18-24(23)36-2)31-27(33-15-13-30-14-16-33)32-28(21,29)26(34)25(19-9-5-3-6-10-19)20-11-7-4-8-12-20;/h3-12,17-18,25,30H,13-16,29H2,1-2H3,(H,31,32);1H. The van der Waals surface area contributed by atoms with Crippen LogP contribution < -0.4 is 25.8 Å². The number of guanidine groups is 1. The van der Waals surface area contributed by atoms with Gasteiger partial charge in [0.2, 0.25) is 5.96 Å². The Labute approximate surface area is 223 Å². The highest BCUT2D eigenvalue weighted by molar-refractivity contribution is 6.06. The Hall–Kier alpha value is -3.59. The van der Waals surface area contributed by atoms with Gasteiger partial charge < -0.3 is 25.0 Å². The smallest absolute Gasteiger partial charge is 0.201 e. The molecule has 0 aromatic heterocycles. The summed E-state index contributed by atoms with van der Waals surface area (Å²) in [7, 11) is 3.15. The highest BCUT2D eigenvalue weighted by Crippen LogP contribution is 2.43. The molecule has 0 spiro atoms. The average Bonchev–Trinajstić information content (AvgIpc) is 2.94. The van der Waals surface area contributed by atoms with E-state index < -0.39 is 11.6 Å². The van der Waals surface area contributed by atoms with Crippen molar-refractivity contribution in [2.24, 2.45) is 10.7 Å². The minimum absolute atomic E-state index is 0. The van der Waals surface area contributed by atoms with E-state index in [-0.39, 0.29) is 18.2 Å². The van der Waals surface area contributed by atoms with Crippen molar-refractivity contribution in [3.63, 3.8) is 0 Å². The van der Waals surface area contributed by atoms with E-state index in [1.54, 1.807) is 20.3 Å². The first-order chi connectivity index (χ1) is 17.5. The summed E-state index contributed by atoms with van der Waals surface area (Å²) >= 11 is 0. The summed E-state index contributed by atoms with van der Waals surface area (Å²) in [6, 6.07) is 23.0. The van der Waals surface area contributed by atoms with Gasteiger partial charge in [0, 0.05) is 37.8 Å². The third kappa shape index (κ3) is 5.00. The number of hydrogen-bond acceptors (Lipinski definition) is 8. The molecule has 37 heavy (non-hydrogen) atoms. The minimum Gasteiger partial charge on any atom is -0.493 e. The second kappa shape index (κ2) is 11.2. The molecular weight excluding hydrogens is 490 g/mol. The zero-order valence-corrected chi connectivity index (χ0v) is 21.8. The largest absolute Gasteiger partial charge is 0.493 e. The number of carbonyl (C=O) groups excluding carboxylic acids is 1. The first kappa shape index (κ1) is 26.5. The fraction of sp³-hybridized carbons (Fsp3) is 0.286. The van der Waals surface area contributed by atoms with Crippen LogP contribution in [-0.4, -0.2) is 57.0 Å². The zero-order chi connectivity index (χ0) is 25.1. The molecule has 0 aliphatic carbocycles. The Morgan fingerprint density at radius 2 is 1.49 bits per heavy atom. The van der Waals surface area contributed by atoms with E-state index in [1.165, 1.54) is 0 Å². The number of anilines is 1. The number of piperazine rings is 1. The molecule has 2 aliphatic rings. The average molecular weight is 522 g/mol. The van der Waals surface area contributed by atoms with Gasteiger partial charge in [-0.1, -0.05) is 60.7 Å². The van der Waals surface area contributed by atoms with Gasteiger partial charge in [0.1, 0.15) is 0 Å². The van der Waals surface area contributed by atoms with Crippen molar-refractivity contribution in [2.75, 3.05) is 45.7 Å². The Balaban J connectivity index is 0.00000320. The van der Waals surface area contributed by atoms with Crippen molar-refractivity contribution >= 4 is 29.8 Å². The Morgan fingerprint density at radius 3 is 2.03 bits per heavy atom. The van der Waals surface area contributed by atoms with Crippen molar-refractivity contribution in [3.05, 3.63) is 89.5 Å². The summed E-state index contributed by atoms with van der Waals surface area (Å²) in [5, 5.41) is 6.75. The normalized spacial score (nSPS) is 18.7. The molecule has 1 atom stereocenters. The predicted molar refractivity (Wildman–Crippen MR) is 148 cm³/mol. The molecule has 1 unspecified atom stereocenters. The lowest BCUT2D eigenvalue weighted by Crippen LogP contribution is -2.55. The number of rotatable bonds is 6. The quantitative estimate of drug-likeness (QED) is 0.457. The topological polar surface area (TPSA) is 101 Å². The number of aliphatic imine (C=N–C) groups is 1. The van der Waals surface area contributed by atoms with Gasteiger partial charge >= 0.3 is 0 Å². The SMILES string of the molecule is COc1cc2c(cc1OC)C(N)(C(=O)C(c1ccccc1)c1ccccc1)N=C(N1CCNCC1)N2.Cl. The second-order valence-corrected chi connectivity index (χ2v) is 8.94. The van der Waals surface area contributed by atoms with Crippen LogP contribution in [-0.2, 0) is 10.5 Å². The van der Waals surface area contributed by atoms with E-state index in [4.69, 9.17) is 20.2 Å². The van der Waals surface area contributed by atoms with Crippen molar-refractivity contribution in [2.45, 2.75) is 11.6 Å². The number of carbonyl (C=O) groups is 1. The number of benzene rings is 3. The van der Waals surface area contributed by atoms with Gasteiger partial charge in [0.15, 0.2) is 22.9 Å². The summed E-state index contributed by atoms with van der Waals surface area (Å²) < 4.78 is 11.1. The molecule has 0 bridgehead atoms. The molecular formula is C28H32ClN5O3. The van der Waals surface area contributed by atoms with Crippen LogP contribution in [0.25, 0.3) is 0 Å². The number of nitrogens with zero attached hydrogens (tertiary/aromatic N) is 2. The third-order valence-corrected chi connectivity index (χ3v) is 6.78. The first-order valence-electron chi connectivity index (χ1n) is 12.1. The maximum atomic E-state index is 14.6. The maximum absolute atomic E-state index is 14.6. The van der Waals surface area contributed by atoms with Crippen LogP contribution >= 0.6 is 12.4 Å². The van der Waals surface area contributed by atoms with Gasteiger partial charge in [-0.2, -0.15) is 0 Å². The molecule has 8 nitrogen and oxygen atoms in total. The summed E-state index contributed by atoms with van der Waals surface area (Å²) in [6.45, 7) is 3.14. The minimum atomic E-state index is -1.66. The van der Waals surface area contributed by atoms with E-state index in [9.17, 15) is 4.79 Å². The number of nitrogens with two attached hydrogens (primary N) is 1. The number of hydrogen-bond donors (Lipinski definition) is 3. The summed E-state index contributed by atoms with van der Waals surface area (Å²) in [6.07, 6.45) is 0. The second-order valence-electron chi connectivity index (χ2n) is 8.94. The molecule has 5 rings (SSSR count). The summed E-state index contributed by atoms with van der Waals surface area (Å²) in [4.78, 5) is 21.6. The predicted octanol–water partition coefficient (Wildman–Crippen LogP) is 3.33. The molecule has 1 saturated heterocycles. The van der Waals surface area contributed by atoms with Crippen molar-refractivity contribution in [1.29, 1.82) is 0 Å². The lowest BCUT2D eigenvalue weighted by molar-refractivity contribution is -0.125. The van der Waals surface area contributed by atoms with Crippen LogP contribution in [0, 0.1) is 0 Å². The van der Waals surface area contributed by atoms with Crippen LogP contribution in [0.1, 0.15) is 22.6 Å². The van der Waals surface area contributed by atoms with E-state index >= 15 is 0 Å². The molecule has 9 heteroatoms. The van der Waals surface area contributed by atoms with Gasteiger partial charge in [0.05, 0.1) is 25.8 Å². The Morgan fingerprint density at radius 1 is 0.946 bits per heavy atom. The number of ether oxygens (including phenoxy) is 2. The fourth-order valence-corrected chi connectivity index (χ4v) is 4.89. The molecule has 2 aliphatic heterocycles. The van der Waals surface area contributed by atoms with Crippen LogP contribution in [0.2, 0.25) is 0 Å². The van der Waals surface area contributed by atoms with Crippen LogP contribution in [0.5, 0.6) is 11.5 Å². The molecule has 0 radical (unpaired) electrons. The molecule has 2 heterocycles. The molecule has 1 fully saturated rings. The molecule has 0 amide bonds. The number of methoxy groups -OCH3 is 2. The summed E-state index contributed by atoms with van der Waals surface area (Å²) in [5.74, 6) is 0.777. The van der Waals surface area contributed by atoms with Gasteiger partial charge in [0.25, 0.3) is 0 Å². The third-order valence-electron chi connectivity index (χ3n) is 6.78. The highest BCUT2D eigenvalue weighted by atomic mass is 35.5. The van der Waals surface area contributed by atoms with E-state index in [0.29, 0.717) is 28.7 Å². The molecule has 3 aromatic rings. The van der Waals surface area contributed by atoms with Crippen molar-refractivity contribution in [3.8, 4) is 11.5 Å². The van der Waals surface area contributed by atoms with Gasteiger partial charge in [-0.25, -0.2) is 4.99 Å². The van der Waals surface area contributed by atoms with Crippen LogP contribution in [0.3, 0.4) is 0 Å². The monoisotopic (exact) mass is 521 g/mol. The summed E-state index contributed by atoms with van der Waals surface area (Å²) in [5.41, 5.74) is 8.36. The maximum Gasteiger partial charge on any atom is 0.201 e. The first-order valence-corrected chi connectivity index (χ1v) is 12.1. The number of ketones is 1.